The topological polar surface area (TPSA) is 110 Å². The maximum atomic E-state index is 13.0. The number of hydrogen-bond donors (Lipinski definition) is 2. The van der Waals surface area contributed by atoms with E-state index in [1.54, 1.807) is 12.1 Å². The Balaban J connectivity index is 1.32. The summed E-state index contributed by atoms with van der Waals surface area (Å²) in [7, 11) is 1.42. The van der Waals surface area contributed by atoms with Gasteiger partial charge in [0.1, 0.15) is 5.75 Å². The minimum absolute atomic E-state index is 0.0466. The lowest BCUT2D eigenvalue weighted by Crippen LogP contribution is -2.37. The lowest BCUT2D eigenvalue weighted by atomic mass is 10.0. The van der Waals surface area contributed by atoms with Crippen LogP contribution in [0.5, 0.6) is 17.5 Å². The van der Waals surface area contributed by atoms with Gasteiger partial charge in [-0.05, 0) is 41.4 Å². The van der Waals surface area contributed by atoms with Crippen molar-refractivity contribution in [1.82, 2.24) is 15.0 Å². The van der Waals surface area contributed by atoms with Gasteiger partial charge in [-0.2, -0.15) is 0 Å². The number of rotatable bonds is 9. The molecule has 5 rings (SSSR count). The number of ether oxygens (including phenoxy) is 3. The highest BCUT2D eigenvalue weighted by Gasteiger charge is 2.25. The third kappa shape index (κ3) is 5.04. The highest BCUT2D eigenvalue weighted by atomic mass is 35.5. The number of halogens is 1. The molecule has 3 heterocycles. The molecular formula is C26H26ClN3O6. The third-order valence-electron chi connectivity index (χ3n) is 6.17. The molecule has 188 valence electrons. The monoisotopic (exact) mass is 511 g/mol. The first-order chi connectivity index (χ1) is 17.5. The molecule has 0 radical (unpaired) electrons. The number of hydrogen-bond acceptors (Lipinski definition) is 8. The average Bonchev–Trinajstić information content (AvgIpc) is 3.50. The molecular weight excluding hydrogens is 486 g/mol. The number of nitrogens with one attached hydrogen (secondary N) is 1. The van der Waals surface area contributed by atoms with Gasteiger partial charge in [-0.25, -0.2) is 0 Å². The Morgan fingerprint density at radius 3 is 2.69 bits per heavy atom. The maximum absolute atomic E-state index is 13.0. The van der Waals surface area contributed by atoms with Gasteiger partial charge in [-0.15, -0.1) is 0 Å². The number of aromatic amines is 1. The molecule has 2 aromatic heterocycles. The van der Waals surface area contributed by atoms with E-state index in [1.165, 1.54) is 13.2 Å². The van der Waals surface area contributed by atoms with Gasteiger partial charge in [0.2, 0.25) is 17.4 Å². The quantitative estimate of drug-likeness (QED) is 0.249. The summed E-state index contributed by atoms with van der Waals surface area (Å²) in [6.07, 6.45) is 0.940. The summed E-state index contributed by atoms with van der Waals surface area (Å²) >= 11 is 6.56. The fraction of sp³-hybridized carbons (Fsp3) is 0.308. The minimum Gasteiger partial charge on any atom is -0.494 e. The van der Waals surface area contributed by atoms with Crippen molar-refractivity contribution in [2.45, 2.75) is 6.42 Å². The number of aromatic nitrogens is 2. The first-order valence-corrected chi connectivity index (χ1v) is 12.0. The van der Waals surface area contributed by atoms with E-state index in [4.69, 9.17) is 30.3 Å². The fourth-order valence-corrected chi connectivity index (χ4v) is 4.54. The molecule has 36 heavy (non-hydrogen) atoms. The Hall–Kier alpha value is -3.53. The SMILES string of the molecule is COc1cc(C(=O)c2c(O)[nH]c3cc(Cl)c(-c4ccc(OCCCN5CCOCC5)cc4)cc23)on1. The van der Waals surface area contributed by atoms with Gasteiger partial charge in [-0.3, -0.25) is 9.69 Å². The van der Waals surface area contributed by atoms with Crippen LogP contribution in [-0.2, 0) is 4.74 Å². The van der Waals surface area contributed by atoms with Crippen LogP contribution in [0.4, 0.5) is 0 Å². The Labute approximate surface area is 212 Å². The van der Waals surface area contributed by atoms with Crippen LogP contribution in [0.3, 0.4) is 0 Å². The summed E-state index contributed by atoms with van der Waals surface area (Å²) in [5.74, 6) is 0.0925. The molecule has 0 spiro atoms. The summed E-state index contributed by atoms with van der Waals surface area (Å²) in [4.78, 5) is 18.2. The van der Waals surface area contributed by atoms with E-state index in [2.05, 4.69) is 15.0 Å². The summed E-state index contributed by atoms with van der Waals surface area (Å²) in [5, 5.41) is 15.1. The molecule has 4 aromatic rings. The molecule has 1 saturated heterocycles. The molecule has 1 aliphatic heterocycles. The van der Waals surface area contributed by atoms with Crippen molar-refractivity contribution in [3.05, 3.63) is 58.8 Å². The van der Waals surface area contributed by atoms with Gasteiger partial charge in [0, 0.05) is 30.6 Å². The molecule has 0 saturated carbocycles. The second-order valence-corrected chi connectivity index (χ2v) is 8.88. The zero-order chi connectivity index (χ0) is 25.1. The van der Waals surface area contributed by atoms with Crippen LogP contribution in [0, 0.1) is 0 Å². The van der Waals surface area contributed by atoms with E-state index in [9.17, 15) is 9.90 Å². The molecule has 0 amide bonds. The van der Waals surface area contributed by atoms with Crippen LogP contribution in [-0.4, -0.2) is 72.5 Å². The zero-order valence-corrected chi connectivity index (χ0v) is 20.5. The largest absolute Gasteiger partial charge is 0.494 e. The molecule has 9 nitrogen and oxygen atoms in total. The maximum Gasteiger partial charge on any atom is 0.254 e. The predicted octanol–water partition coefficient (Wildman–Crippen LogP) is 4.52. The van der Waals surface area contributed by atoms with E-state index in [-0.39, 0.29) is 23.1 Å². The highest BCUT2D eigenvalue weighted by molar-refractivity contribution is 6.34. The number of morpholine rings is 1. The second kappa shape index (κ2) is 10.6. The third-order valence-corrected chi connectivity index (χ3v) is 6.48. The van der Waals surface area contributed by atoms with Gasteiger partial charge in [0.25, 0.3) is 5.88 Å². The van der Waals surface area contributed by atoms with Crippen LogP contribution in [0.2, 0.25) is 5.02 Å². The van der Waals surface area contributed by atoms with Gasteiger partial charge in [0.05, 0.1) is 49.1 Å². The molecule has 0 unspecified atom stereocenters. The summed E-state index contributed by atoms with van der Waals surface area (Å²) in [6, 6.07) is 12.4. The van der Waals surface area contributed by atoms with E-state index < -0.39 is 5.78 Å². The molecule has 10 heteroatoms. The fourth-order valence-electron chi connectivity index (χ4n) is 4.27. The number of carbonyl (C=O) groups excluding carboxylic acids is 1. The number of nitrogens with zero attached hydrogens (tertiary/aromatic N) is 2. The lowest BCUT2D eigenvalue weighted by molar-refractivity contribution is 0.0358. The van der Waals surface area contributed by atoms with Crippen molar-refractivity contribution in [3.8, 4) is 28.6 Å². The molecule has 0 aliphatic carbocycles. The van der Waals surface area contributed by atoms with E-state index in [1.807, 2.05) is 24.3 Å². The smallest absolute Gasteiger partial charge is 0.254 e. The van der Waals surface area contributed by atoms with Crippen molar-refractivity contribution in [2.75, 3.05) is 46.6 Å². The Bertz CT molecular complexity index is 1360. The van der Waals surface area contributed by atoms with Gasteiger partial charge in [-0.1, -0.05) is 23.7 Å². The van der Waals surface area contributed by atoms with Crippen molar-refractivity contribution < 1.29 is 28.6 Å². The Morgan fingerprint density at radius 1 is 1.19 bits per heavy atom. The normalized spacial score (nSPS) is 14.3. The lowest BCUT2D eigenvalue weighted by Gasteiger charge is -2.26. The summed E-state index contributed by atoms with van der Waals surface area (Å²) in [5.41, 5.74) is 2.16. The van der Waals surface area contributed by atoms with Gasteiger partial charge < -0.3 is 28.8 Å². The van der Waals surface area contributed by atoms with E-state index in [0.29, 0.717) is 28.1 Å². The Kier molecular flexibility index (Phi) is 7.13. The van der Waals surface area contributed by atoms with Gasteiger partial charge >= 0.3 is 0 Å². The van der Waals surface area contributed by atoms with Crippen molar-refractivity contribution in [3.63, 3.8) is 0 Å². The number of H-pyrrole nitrogens is 1. The standard InChI is InChI=1S/C26H26ClN3O6/c1-33-23-15-22(36-29-23)25(31)24-19-13-18(20(27)14-21(19)28-26(24)32)16-3-5-17(6-4-16)35-10-2-7-30-8-11-34-12-9-30/h3-6,13-15,28,32H,2,7-12H2,1H3. The first kappa shape index (κ1) is 24.2. The first-order valence-electron chi connectivity index (χ1n) is 11.7. The van der Waals surface area contributed by atoms with Crippen molar-refractivity contribution in [2.24, 2.45) is 0 Å². The molecule has 1 aliphatic rings. The molecule has 0 bridgehead atoms. The molecule has 0 atom stereocenters. The van der Waals surface area contributed by atoms with Crippen LogP contribution >= 0.6 is 11.6 Å². The van der Waals surface area contributed by atoms with Gasteiger partial charge in [0.15, 0.2) is 0 Å². The number of benzene rings is 2. The summed E-state index contributed by atoms with van der Waals surface area (Å²) in [6.45, 7) is 5.15. The summed E-state index contributed by atoms with van der Waals surface area (Å²) < 4.78 is 21.3. The number of carbonyl (C=O) groups is 1. The number of ketones is 1. The molecule has 2 aromatic carbocycles. The number of fused-ring (bicyclic) bond motifs is 1. The second-order valence-electron chi connectivity index (χ2n) is 8.47. The molecule has 2 N–H and O–H groups in total. The highest BCUT2D eigenvalue weighted by Crippen LogP contribution is 2.37. The Morgan fingerprint density at radius 2 is 1.97 bits per heavy atom. The number of methoxy groups -OCH3 is 1. The zero-order valence-electron chi connectivity index (χ0n) is 19.8. The number of aromatic hydroxyl groups is 1. The van der Waals surface area contributed by atoms with E-state index >= 15 is 0 Å². The minimum atomic E-state index is -0.524. The molecule has 1 fully saturated rings. The van der Waals surface area contributed by atoms with Crippen molar-refractivity contribution in [1.29, 1.82) is 0 Å². The van der Waals surface area contributed by atoms with Crippen LogP contribution < -0.4 is 9.47 Å². The van der Waals surface area contributed by atoms with Crippen LogP contribution in [0.15, 0.2) is 47.0 Å². The van der Waals surface area contributed by atoms with Crippen LogP contribution in [0.1, 0.15) is 22.5 Å². The average molecular weight is 512 g/mol. The predicted molar refractivity (Wildman–Crippen MR) is 134 cm³/mol. The van der Waals surface area contributed by atoms with Crippen molar-refractivity contribution >= 4 is 28.3 Å². The van der Waals surface area contributed by atoms with E-state index in [0.717, 1.165) is 50.6 Å². The van der Waals surface area contributed by atoms with Crippen LogP contribution in [0.25, 0.3) is 22.0 Å².